The zero-order chi connectivity index (χ0) is 31.3. The number of nitrogens with one attached hydrogen (secondary N) is 2. The largest absolute Gasteiger partial charge is 0.339 e. The van der Waals surface area contributed by atoms with Gasteiger partial charge in [0.2, 0.25) is 0 Å². The van der Waals surface area contributed by atoms with Crippen molar-refractivity contribution in [2.45, 2.75) is 41.0 Å². The van der Waals surface area contributed by atoms with Gasteiger partial charge in [0.1, 0.15) is 17.1 Å². The number of aromatic amines is 2. The summed E-state index contributed by atoms with van der Waals surface area (Å²) in [5.41, 5.74) is 13.8. The van der Waals surface area contributed by atoms with Crippen LogP contribution in [-0.2, 0) is 0 Å². The average molecular weight is 597 g/mol. The summed E-state index contributed by atoms with van der Waals surface area (Å²) in [6.45, 7) is 10.7. The van der Waals surface area contributed by atoms with E-state index in [0.29, 0.717) is 12.3 Å². The quantitative estimate of drug-likeness (QED) is 0.178. The zero-order valence-electron chi connectivity index (χ0n) is 26.5. The number of hydrogen-bond donors (Lipinski definition) is 2. The molecule has 0 spiro atoms. The third-order valence-electron chi connectivity index (χ3n) is 9.43. The Morgan fingerprint density at radius 3 is 1.98 bits per heavy atom. The van der Waals surface area contributed by atoms with E-state index in [4.69, 9.17) is 20.0 Å². The molecule has 6 aromatic rings. The summed E-state index contributed by atoms with van der Waals surface area (Å²) in [5, 5.41) is 5.33. The highest BCUT2D eigenvalue weighted by atomic mass is 15.1. The fourth-order valence-electron chi connectivity index (χ4n) is 7.06. The maximum atomic E-state index is 5.32. The van der Waals surface area contributed by atoms with Crippen molar-refractivity contribution >= 4 is 61.7 Å². The van der Waals surface area contributed by atoms with Gasteiger partial charge >= 0.3 is 0 Å². The number of aliphatic imine (C=N–C) groups is 3. The van der Waals surface area contributed by atoms with Gasteiger partial charge < -0.3 is 9.97 Å². The summed E-state index contributed by atoms with van der Waals surface area (Å²) in [4.78, 5) is 28.4. The highest BCUT2D eigenvalue weighted by Gasteiger charge is 2.26. The number of H-pyrrole nitrogens is 2. The van der Waals surface area contributed by atoms with E-state index in [1.807, 2.05) is 0 Å². The Balaban J connectivity index is 1.44. The van der Waals surface area contributed by atoms with E-state index in [9.17, 15) is 0 Å². The molecule has 0 radical (unpaired) electrons. The third-order valence-corrected chi connectivity index (χ3v) is 9.43. The number of allylic oxidation sites excluding steroid dienone is 1. The minimum atomic E-state index is 0.668. The van der Waals surface area contributed by atoms with Crippen molar-refractivity contribution in [1.82, 2.24) is 9.97 Å². The van der Waals surface area contributed by atoms with E-state index in [0.717, 1.165) is 89.0 Å². The van der Waals surface area contributed by atoms with Crippen LogP contribution in [0.1, 0.15) is 57.9 Å². The van der Waals surface area contributed by atoms with Gasteiger partial charge in [-0.05, 0) is 64.5 Å². The van der Waals surface area contributed by atoms with Gasteiger partial charge in [0.25, 0.3) is 0 Å². The molecule has 0 amide bonds. The smallest absolute Gasteiger partial charge is 0.162 e. The second-order valence-electron chi connectivity index (χ2n) is 12.9. The maximum absolute atomic E-state index is 5.32. The van der Waals surface area contributed by atoms with E-state index >= 15 is 0 Å². The Hall–Kier alpha value is -5.62. The van der Waals surface area contributed by atoms with Crippen LogP contribution in [0.3, 0.4) is 0 Å². The molecule has 0 saturated heterocycles. The predicted octanol–water partition coefficient (Wildman–Crippen LogP) is 8.13. The molecule has 0 atom stereocenters. The van der Waals surface area contributed by atoms with E-state index in [-0.39, 0.29) is 0 Å². The lowest BCUT2D eigenvalue weighted by atomic mass is 9.91. The molecule has 6 nitrogen and oxygen atoms in total. The standard InChI is InChI=1S/C40H32N6/c1-20-6-10-25-29(16-20)34-15-14-33(25)41-37-26-11-7-21(2)17-30(26)35(43-37)24(5)36-31-18-22(3)8-12-27(31)38(44-36)45-39-28-13-9-23(4)19-32(28)40(42-34)46-39/h6-14,16-19,46H,15H2,1-5H3,(H,41,43)/b35-24-,42-34?,45-38?. The molecule has 46 heavy (non-hydrogen) atoms. The van der Waals surface area contributed by atoms with E-state index in [1.165, 1.54) is 22.3 Å². The highest BCUT2D eigenvalue weighted by molar-refractivity contribution is 6.37. The molecule has 9 rings (SSSR count). The van der Waals surface area contributed by atoms with Crippen LogP contribution in [-0.4, -0.2) is 27.2 Å². The molecule has 8 bridgehead atoms. The molecular formula is C40H32N6. The fourth-order valence-corrected chi connectivity index (χ4v) is 7.06. The summed E-state index contributed by atoms with van der Waals surface area (Å²) < 4.78 is 0. The Labute approximate surface area is 266 Å². The summed E-state index contributed by atoms with van der Waals surface area (Å²) in [7, 11) is 0. The molecular weight excluding hydrogens is 564 g/mol. The normalized spacial score (nSPS) is 16.4. The van der Waals surface area contributed by atoms with Crippen LogP contribution < -0.4 is 10.8 Å². The molecule has 0 fully saturated rings. The van der Waals surface area contributed by atoms with Crippen LogP contribution in [0, 0.1) is 27.7 Å². The van der Waals surface area contributed by atoms with Gasteiger partial charge in [0, 0.05) is 50.2 Å². The maximum Gasteiger partial charge on any atom is 0.162 e. The van der Waals surface area contributed by atoms with Crippen molar-refractivity contribution in [3.05, 3.63) is 134 Å². The topological polar surface area (TPSA) is 81.0 Å². The molecule has 2 N–H and O–H groups in total. The third kappa shape index (κ3) is 4.03. The van der Waals surface area contributed by atoms with Gasteiger partial charge in [0.05, 0.1) is 22.5 Å². The number of aromatic nitrogens is 2. The summed E-state index contributed by atoms with van der Waals surface area (Å²) in [6.07, 6.45) is 2.87. The van der Waals surface area contributed by atoms with E-state index < -0.39 is 0 Å². The zero-order valence-corrected chi connectivity index (χ0v) is 26.5. The molecule has 3 aliphatic rings. The predicted molar refractivity (Wildman–Crippen MR) is 190 cm³/mol. The minimum absolute atomic E-state index is 0.668. The Morgan fingerprint density at radius 2 is 1.17 bits per heavy atom. The number of aryl methyl sites for hydroxylation is 4. The molecule has 0 unspecified atom stereocenters. The molecule has 0 saturated carbocycles. The lowest BCUT2D eigenvalue weighted by molar-refractivity contribution is 1.17. The first-order chi connectivity index (χ1) is 22.3. The van der Waals surface area contributed by atoms with Gasteiger partial charge in [-0.3, -0.25) is 0 Å². The first-order valence-electron chi connectivity index (χ1n) is 15.8. The van der Waals surface area contributed by atoms with Crippen LogP contribution in [0.15, 0.2) is 98.8 Å². The number of benzene rings is 4. The molecule has 6 heteroatoms. The highest BCUT2D eigenvalue weighted by Crippen LogP contribution is 2.38. The van der Waals surface area contributed by atoms with Crippen molar-refractivity contribution in [3.8, 4) is 0 Å². The second-order valence-corrected chi connectivity index (χ2v) is 12.9. The summed E-state index contributed by atoms with van der Waals surface area (Å²) >= 11 is 0. The second kappa shape index (κ2) is 9.69. The Bertz CT molecular complexity index is 2600. The fraction of sp³-hybridized carbons (Fsp3) is 0.150. The van der Waals surface area contributed by atoms with Crippen molar-refractivity contribution in [1.29, 1.82) is 0 Å². The average Bonchev–Trinajstić information content (AvgIpc) is 3.68. The van der Waals surface area contributed by atoms with Crippen LogP contribution in [0.4, 0.5) is 11.6 Å². The molecule has 2 aliphatic heterocycles. The molecule has 1 aliphatic carbocycles. The van der Waals surface area contributed by atoms with Crippen molar-refractivity contribution in [2.24, 2.45) is 20.0 Å². The Morgan fingerprint density at radius 1 is 0.522 bits per heavy atom. The summed E-state index contributed by atoms with van der Waals surface area (Å²) in [5.74, 6) is 2.26. The van der Waals surface area contributed by atoms with Crippen LogP contribution in [0.5, 0.6) is 0 Å². The molecule has 4 aromatic carbocycles. The number of nitrogens with zero attached hydrogens (tertiary/aromatic N) is 4. The van der Waals surface area contributed by atoms with Gasteiger partial charge in [-0.1, -0.05) is 76.9 Å². The molecule has 222 valence electrons. The first kappa shape index (κ1) is 26.8. The van der Waals surface area contributed by atoms with Crippen molar-refractivity contribution < 1.29 is 0 Å². The van der Waals surface area contributed by atoms with Gasteiger partial charge in [-0.2, -0.15) is 0 Å². The number of fused-ring (bicyclic) bond motifs is 19. The molecule has 4 heterocycles. The lowest BCUT2D eigenvalue weighted by Gasteiger charge is -2.17. The van der Waals surface area contributed by atoms with Gasteiger partial charge in [-0.15, -0.1) is 0 Å². The number of hydrogen-bond acceptors (Lipinski definition) is 4. The van der Waals surface area contributed by atoms with Crippen molar-refractivity contribution in [2.75, 3.05) is 0 Å². The monoisotopic (exact) mass is 596 g/mol. The number of amidine groups is 1. The van der Waals surface area contributed by atoms with E-state index in [1.54, 1.807) is 0 Å². The number of rotatable bonds is 0. The first-order valence-corrected chi connectivity index (χ1v) is 15.8. The molecule has 2 aromatic heterocycles. The minimum Gasteiger partial charge on any atom is -0.339 e. The van der Waals surface area contributed by atoms with Gasteiger partial charge in [0.15, 0.2) is 5.84 Å². The van der Waals surface area contributed by atoms with Gasteiger partial charge in [-0.25, -0.2) is 20.0 Å². The van der Waals surface area contributed by atoms with Crippen molar-refractivity contribution in [3.63, 3.8) is 0 Å². The van der Waals surface area contributed by atoms with Crippen LogP contribution >= 0.6 is 0 Å². The van der Waals surface area contributed by atoms with Crippen LogP contribution in [0.25, 0.3) is 32.8 Å². The SMILES string of the molecule is C/C1=c2/[nH]c(c3ccc(C)cc23)=NC2=CCC(=Nc3[nH]c(c4ccc(C)cc34)N=C3N=C1c1cc(C)ccc13)c1cc(C)ccc12. The van der Waals surface area contributed by atoms with E-state index in [2.05, 4.69) is 123 Å². The summed E-state index contributed by atoms with van der Waals surface area (Å²) in [6, 6.07) is 26.1. The lowest BCUT2D eigenvalue weighted by Crippen LogP contribution is -2.17. The van der Waals surface area contributed by atoms with Crippen LogP contribution in [0.2, 0.25) is 0 Å². The Kier molecular flexibility index (Phi) is 5.63.